The highest BCUT2D eigenvalue weighted by molar-refractivity contribution is 8.00. The second kappa shape index (κ2) is 6.15. The van der Waals surface area contributed by atoms with Gasteiger partial charge in [0.1, 0.15) is 0 Å². The molecule has 0 aromatic heterocycles. The summed E-state index contributed by atoms with van der Waals surface area (Å²) in [6.07, 6.45) is 7.87. The molecular formula is C15H30N2S. The Hall–Kier alpha value is 0.270. The maximum absolute atomic E-state index is 3.72. The summed E-state index contributed by atoms with van der Waals surface area (Å²) in [5.41, 5.74) is 0. The molecule has 2 fully saturated rings. The van der Waals surface area contributed by atoms with E-state index in [0.717, 1.165) is 12.0 Å². The molecule has 1 heterocycles. The molecule has 3 heteroatoms. The van der Waals surface area contributed by atoms with Gasteiger partial charge in [0, 0.05) is 36.5 Å². The van der Waals surface area contributed by atoms with Crippen molar-refractivity contribution in [3.05, 3.63) is 0 Å². The van der Waals surface area contributed by atoms with E-state index in [0.29, 0.717) is 10.8 Å². The lowest BCUT2D eigenvalue weighted by Crippen LogP contribution is -2.61. The summed E-state index contributed by atoms with van der Waals surface area (Å²) < 4.78 is 0.586. The summed E-state index contributed by atoms with van der Waals surface area (Å²) >= 11 is 2.11. The third-order valence-corrected chi connectivity index (χ3v) is 6.39. The Labute approximate surface area is 117 Å². The summed E-state index contributed by atoms with van der Waals surface area (Å²) in [6, 6.07) is 1.44. The van der Waals surface area contributed by atoms with Gasteiger partial charge in [0.15, 0.2) is 0 Å². The number of thioether (sulfide) groups is 1. The quantitative estimate of drug-likeness (QED) is 0.827. The fourth-order valence-corrected chi connectivity index (χ4v) is 4.37. The predicted molar refractivity (Wildman–Crippen MR) is 82.4 cm³/mol. The van der Waals surface area contributed by atoms with Crippen molar-refractivity contribution in [2.45, 2.75) is 63.3 Å². The molecule has 106 valence electrons. The van der Waals surface area contributed by atoms with Crippen molar-refractivity contribution >= 4 is 11.8 Å². The molecule has 0 aromatic rings. The Morgan fingerprint density at radius 3 is 2.56 bits per heavy atom. The van der Waals surface area contributed by atoms with Crippen molar-refractivity contribution in [3.8, 4) is 0 Å². The molecule has 2 nitrogen and oxygen atoms in total. The Morgan fingerprint density at radius 2 is 2.11 bits per heavy atom. The highest BCUT2D eigenvalue weighted by atomic mass is 32.2. The molecule has 0 aromatic carbocycles. The number of rotatable bonds is 5. The lowest BCUT2D eigenvalue weighted by atomic mass is 9.82. The zero-order valence-electron chi connectivity index (χ0n) is 12.5. The van der Waals surface area contributed by atoms with Crippen LogP contribution in [-0.4, -0.2) is 47.6 Å². The number of nitrogens with one attached hydrogen (secondary N) is 1. The fraction of sp³-hybridized carbons (Fsp3) is 1.00. The smallest absolute Gasteiger partial charge is 0.0284 e. The van der Waals surface area contributed by atoms with Crippen LogP contribution in [0.2, 0.25) is 0 Å². The van der Waals surface area contributed by atoms with E-state index in [2.05, 4.69) is 49.0 Å². The normalized spacial score (nSPS) is 32.5. The molecule has 1 saturated heterocycles. The van der Waals surface area contributed by atoms with Gasteiger partial charge >= 0.3 is 0 Å². The number of nitrogens with zero attached hydrogens (tertiary/aromatic N) is 1. The maximum Gasteiger partial charge on any atom is 0.0284 e. The van der Waals surface area contributed by atoms with E-state index in [1.165, 1.54) is 45.3 Å². The molecule has 1 N–H and O–H groups in total. The van der Waals surface area contributed by atoms with Crippen molar-refractivity contribution < 1.29 is 0 Å². The minimum absolute atomic E-state index is 0.586. The number of hydrogen-bond donors (Lipinski definition) is 1. The van der Waals surface area contributed by atoms with Gasteiger partial charge in [0.25, 0.3) is 0 Å². The van der Waals surface area contributed by atoms with Gasteiger partial charge in [0.2, 0.25) is 0 Å². The molecular weight excluding hydrogens is 240 g/mol. The Kier molecular flexibility index (Phi) is 5.01. The summed E-state index contributed by atoms with van der Waals surface area (Å²) in [7, 11) is 0. The van der Waals surface area contributed by atoms with Crippen LogP contribution in [0, 0.1) is 5.92 Å². The largest absolute Gasteiger partial charge is 0.311 e. The van der Waals surface area contributed by atoms with Crippen molar-refractivity contribution in [2.75, 3.05) is 25.9 Å². The molecule has 0 amide bonds. The zero-order chi connectivity index (χ0) is 13.2. The first kappa shape index (κ1) is 14.7. The van der Waals surface area contributed by atoms with E-state index in [-0.39, 0.29) is 0 Å². The zero-order valence-corrected chi connectivity index (χ0v) is 13.4. The second-order valence-electron chi connectivity index (χ2n) is 6.49. The van der Waals surface area contributed by atoms with Crippen LogP contribution in [0.4, 0.5) is 0 Å². The molecule has 18 heavy (non-hydrogen) atoms. The van der Waals surface area contributed by atoms with Crippen LogP contribution in [0.5, 0.6) is 0 Å². The van der Waals surface area contributed by atoms with Gasteiger partial charge in [-0.05, 0) is 31.4 Å². The van der Waals surface area contributed by atoms with Crippen molar-refractivity contribution in [1.82, 2.24) is 10.2 Å². The van der Waals surface area contributed by atoms with Gasteiger partial charge in [-0.3, -0.25) is 4.90 Å². The van der Waals surface area contributed by atoms with Gasteiger partial charge in [-0.1, -0.05) is 27.2 Å². The molecule has 2 aliphatic rings. The summed E-state index contributed by atoms with van der Waals surface area (Å²) in [5, 5.41) is 3.72. The van der Waals surface area contributed by atoms with Crippen LogP contribution in [0.3, 0.4) is 0 Å². The van der Waals surface area contributed by atoms with Crippen molar-refractivity contribution in [2.24, 2.45) is 5.92 Å². The van der Waals surface area contributed by atoms with E-state index < -0.39 is 0 Å². The van der Waals surface area contributed by atoms with Crippen LogP contribution in [0.15, 0.2) is 0 Å². The Bertz CT molecular complexity index is 258. The highest BCUT2D eigenvalue weighted by Crippen LogP contribution is 2.44. The molecule has 2 atom stereocenters. The van der Waals surface area contributed by atoms with Crippen LogP contribution in [-0.2, 0) is 0 Å². The average Bonchev–Trinajstić information content (AvgIpc) is 2.33. The molecule has 1 saturated carbocycles. The summed E-state index contributed by atoms with van der Waals surface area (Å²) in [4.78, 5) is 2.80. The third kappa shape index (κ3) is 3.05. The van der Waals surface area contributed by atoms with Crippen LogP contribution in [0.1, 0.15) is 46.5 Å². The number of piperazine rings is 1. The maximum atomic E-state index is 3.72. The first-order chi connectivity index (χ1) is 8.60. The fourth-order valence-electron chi connectivity index (χ4n) is 3.38. The summed E-state index contributed by atoms with van der Waals surface area (Å²) in [6.45, 7) is 10.8. The van der Waals surface area contributed by atoms with Crippen LogP contribution < -0.4 is 5.32 Å². The molecule has 2 rings (SSSR count). The topological polar surface area (TPSA) is 15.3 Å². The minimum atomic E-state index is 0.586. The van der Waals surface area contributed by atoms with Crippen molar-refractivity contribution in [1.29, 1.82) is 0 Å². The van der Waals surface area contributed by atoms with Gasteiger partial charge in [-0.15, -0.1) is 0 Å². The second-order valence-corrected chi connectivity index (χ2v) is 7.77. The lowest BCUT2D eigenvalue weighted by molar-refractivity contribution is 0.0741. The monoisotopic (exact) mass is 270 g/mol. The highest BCUT2D eigenvalue weighted by Gasteiger charge is 2.41. The number of hydrogen-bond acceptors (Lipinski definition) is 3. The van der Waals surface area contributed by atoms with Gasteiger partial charge in [-0.2, -0.15) is 11.8 Å². The first-order valence-corrected chi connectivity index (χ1v) is 8.85. The van der Waals surface area contributed by atoms with Crippen molar-refractivity contribution in [3.63, 3.8) is 0 Å². The standard InChI is InChI=1S/C15H30N2S/c1-5-13-10-17(14(9-16-13)12(2)3)11-15(18-4)7-6-8-15/h12-14,16H,5-11H2,1-4H3. The minimum Gasteiger partial charge on any atom is -0.311 e. The molecule has 2 unspecified atom stereocenters. The molecule has 1 aliphatic carbocycles. The summed E-state index contributed by atoms with van der Waals surface area (Å²) in [5.74, 6) is 0.759. The third-order valence-electron chi connectivity index (χ3n) is 4.99. The van der Waals surface area contributed by atoms with Crippen LogP contribution >= 0.6 is 11.8 Å². The van der Waals surface area contributed by atoms with E-state index >= 15 is 0 Å². The van der Waals surface area contributed by atoms with Crippen LogP contribution in [0.25, 0.3) is 0 Å². The Balaban J connectivity index is 2.00. The van der Waals surface area contributed by atoms with E-state index in [1.54, 1.807) is 0 Å². The molecule has 1 aliphatic heterocycles. The van der Waals surface area contributed by atoms with E-state index in [9.17, 15) is 0 Å². The molecule has 0 spiro atoms. The molecule has 0 radical (unpaired) electrons. The SMILES string of the molecule is CCC1CN(CC2(SC)CCC2)C(C(C)C)CN1. The Morgan fingerprint density at radius 1 is 1.39 bits per heavy atom. The van der Waals surface area contributed by atoms with Gasteiger partial charge < -0.3 is 5.32 Å². The lowest BCUT2D eigenvalue weighted by Gasteiger charge is -2.50. The molecule has 0 bridgehead atoms. The van der Waals surface area contributed by atoms with E-state index in [4.69, 9.17) is 0 Å². The van der Waals surface area contributed by atoms with Gasteiger partial charge in [0.05, 0.1) is 0 Å². The van der Waals surface area contributed by atoms with Gasteiger partial charge in [-0.25, -0.2) is 0 Å². The first-order valence-electron chi connectivity index (χ1n) is 7.63. The average molecular weight is 270 g/mol. The predicted octanol–water partition coefficient (Wildman–Crippen LogP) is 2.98. The van der Waals surface area contributed by atoms with E-state index in [1.807, 2.05) is 0 Å².